The molecule has 5 aliphatic rings. The third-order valence-electron chi connectivity index (χ3n) is 14.4. The lowest BCUT2D eigenvalue weighted by atomic mass is 9.95. The summed E-state index contributed by atoms with van der Waals surface area (Å²) >= 11 is 0. The molecule has 5 aliphatic heterocycles. The molecule has 26 atom stereocenters. The smallest absolute Gasteiger partial charge is 0.188 e. The number of aliphatic hydroxyl groups is 15. The van der Waals surface area contributed by atoms with Crippen LogP contribution in [0.4, 0.5) is 0 Å². The fourth-order valence-electron chi connectivity index (χ4n) is 9.25. The molecule has 0 aromatic rings. The fraction of sp³-hybridized carbons (Fsp3) is 0.840. The van der Waals surface area contributed by atoms with Gasteiger partial charge < -0.3 is 124 Å². The first-order chi connectivity index (χ1) is 35.4. The first kappa shape index (κ1) is 63.8. The molecule has 5 heterocycles. The van der Waals surface area contributed by atoms with Crippen molar-refractivity contribution in [3.05, 3.63) is 47.6 Å². The summed E-state index contributed by atoms with van der Waals surface area (Å²) in [7, 11) is 0. The summed E-state index contributed by atoms with van der Waals surface area (Å²) in [6.07, 6.45) is -26.5. The molecule has 0 aromatic carbocycles. The van der Waals surface area contributed by atoms with Crippen LogP contribution in [0.2, 0.25) is 0 Å². The van der Waals surface area contributed by atoms with Crippen molar-refractivity contribution in [2.45, 2.75) is 239 Å². The van der Waals surface area contributed by atoms with Gasteiger partial charge in [-0.2, -0.15) is 0 Å². The highest BCUT2D eigenvalue weighted by Gasteiger charge is 2.54. The topological polar surface area (TPSA) is 396 Å². The lowest BCUT2D eigenvalue weighted by molar-refractivity contribution is -0.375. The zero-order chi connectivity index (χ0) is 55.6. The molecule has 0 radical (unpaired) electrons. The van der Waals surface area contributed by atoms with Crippen LogP contribution in [-0.4, -0.2) is 262 Å². The Balaban J connectivity index is 1.10. The van der Waals surface area contributed by atoms with Gasteiger partial charge in [-0.15, -0.1) is 6.58 Å². The zero-order valence-electron chi connectivity index (χ0n) is 43.3. The molecule has 5 fully saturated rings. The summed E-state index contributed by atoms with van der Waals surface area (Å²) < 4.78 is 58.0. The molecule has 25 heteroatoms. The maximum atomic E-state index is 11.3. The second-order valence-electron chi connectivity index (χ2n) is 20.5. The molecule has 15 N–H and O–H groups in total. The van der Waals surface area contributed by atoms with Crippen molar-refractivity contribution >= 4 is 0 Å². The van der Waals surface area contributed by atoms with Crippen LogP contribution < -0.4 is 0 Å². The summed E-state index contributed by atoms with van der Waals surface area (Å²) in [5, 5.41) is 157. The summed E-state index contributed by atoms with van der Waals surface area (Å²) in [5.74, 6) is 0. The number of aliphatic hydroxyl groups excluding tert-OH is 15. The molecule has 0 aliphatic carbocycles. The standard InChI is InChI=1S/C50H84O25/c1-8-50(7,75-49-44(37(60)33(56)28(19-52)71-49)74-48-41(64)36(59)32(55)27(18-51)70-48)17-11-16-23(3)13-9-12-22(2)14-10-15-24(4)20-66-46-42(65)38(61)43(73-47-40(63)35(58)31(54)26(6)69-47)29(72-46)21-67-45-39(62)34(57)30(53)25(5)68-45/h8,12,15-16,25-49,51-65H,1,9-11,13-14,17-21H2,2-7H3/b22-12+,23-16+,24-15+/t25-,26-,27+,28+,29+,30-,31-,32+,33+,34+,35+,36-,37-,38+,39+,40+,41+,42+,43+,44+,45+,46+,47-,48-,49-,50?/m0/s1. The van der Waals surface area contributed by atoms with Gasteiger partial charge in [-0.3, -0.25) is 0 Å². The van der Waals surface area contributed by atoms with Gasteiger partial charge in [0.25, 0.3) is 0 Å². The van der Waals surface area contributed by atoms with E-state index in [2.05, 4.69) is 12.7 Å². The van der Waals surface area contributed by atoms with Crippen molar-refractivity contribution in [2.24, 2.45) is 0 Å². The Kier molecular flexibility index (Phi) is 24.6. The van der Waals surface area contributed by atoms with E-state index < -0.39 is 179 Å². The summed E-state index contributed by atoms with van der Waals surface area (Å²) in [4.78, 5) is 0. The summed E-state index contributed by atoms with van der Waals surface area (Å²) in [6.45, 7) is 12.4. The Labute approximate surface area is 436 Å². The molecule has 75 heavy (non-hydrogen) atoms. The fourth-order valence-corrected chi connectivity index (χ4v) is 9.25. The summed E-state index contributed by atoms with van der Waals surface area (Å²) in [5.41, 5.74) is 1.91. The first-order valence-corrected chi connectivity index (χ1v) is 25.5. The van der Waals surface area contributed by atoms with Crippen LogP contribution in [0.15, 0.2) is 47.6 Å². The molecular formula is C50H84O25. The molecule has 5 rings (SSSR count). The van der Waals surface area contributed by atoms with Gasteiger partial charge in [-0.1, -0.05) is 41.0 Å². The lowest BCUT2D eigenvalue weighted by Crippen LogP contribution is -2.65. The molecule has 434 valence electrons. The van der Waals surface area contributed by atoms with E-state index in [0.29, 0.717) is 19.3 Å². The molecule has 0 spiro atoms. The second kappa shape index (κ2) is 28.9. The van der Waals surface area contributed by atoms with Crippen LogP contribution in [0.3, 0.4) is 0 Å². The van der Waals surface area contributed by atoms with E-state index in [1.54, 1.807) is 6.92 Å². The van der Waals surface area contributed by atoms with Gasteiger partial charge in [0.2, 0.25) is 0 Å². The normalized spacial score (nSPS) is 44.3. The van der Waals surface area contributed by atoms with Crippen LogP contribution in [0.1, 0.15) is 80.1 Å². The largest absolute Gasteiger partial charge is 0.394 e. The van der Waals surface area contributed by atoms with E-state index in [1.807, 2.05) is 32.9 Å². The van der Waals surface area contributed by atoms with Gasteiger partial charge >= 0.3 is 0 Å². The average Bonchev–Trinajstić information content (AvgIpc) is 3.38. The van der Waals surface area contributed by atoms with Crippen molar-refractivity contribution in [1.29, 1.82) is 0 Å². The minimum absolute atomic E-state index is 0.0211. The predicted octanol–water partition coefficient (Wildman–Crippen LogP) is -3.73. The maximum absolute atomic E-state index is 11.3. The number of hydrogen-bond acceptors (Lipinski definition) is 25. The van der Waals surface area contributed by atoms with Crippen LogP contribution >= 0.6 is 0 Å². The molecule has 0 amide bonds. The number of hydrogen-bond donors (Lipinski definition) is 15. The van der Waals surface area contributed by atoms with Crippen molar-refractivity contribution in [1.82, 2.24) is 0 Å². The van der Waals surface area contributed by atoms with Crippen LogP contribution in [-0.2, 0) is 47.4 Å². The van der Waals surface area contributed by atoms with Gasteiger partial charge in [0.05, 0.1) is 44.2 Å². The molecule has 0 aromatic heterocycles. The van der Waals surface area contributed by atoms with E-state index >= 15 is 0 Å². The molecule has 5 saturated heterocycles. The minimum Gasteiger partial charge on any atom is -0.394 e. The Morgan fingerprint density at radius 3 is 1.44 bits per heavy atom. The first-order valence-electron chi connectivity index (χ1n) is 25.5. The van der Waals surface area contributed by atoms with Crippen molar-refractivity contribution < 1.29 is 124 Å². The maximum Gasteiger partial charge on any atom is 0.188 e. The Bertz CT molecular complexity index is 1840. The van der Waals surface area contributed by atoms with E-state index in [1.165, 1.54) is 19.9 Å². The highest BCUT2D eigenvalue weighted by Crippen LogP contribution is 2.35. The quantitative estimate of drug-likeness (QED) is 0.0413. The predicted molar refractivity (Wildman–Crippen MR) is 257 cm³/mol. The second-order valence-corrected chi connectivity index (χ2v) is 20.5. The number of ether oxygens (including phenoxy) is 10. The van der Waals surface area contributed by atoms with E-state index in [9.17, 15) is 76.6 Å². The Morgan fingerprint density at radius 2 is 0.880 bits per heavy atom. The lowest BCUT2D eigenvalue weighted by Gasteiger charge is -2.47. The van der Waals surface area contributed by atoms with E-state index in [-0.39, 0.29) is 6.61 Å². The van der Waals surface area contributed by atoms with E-state index in [0.717, 1.165) is 36.0 Å². The minimum atomic E-state index is -1.81. The summed E-state index contributed by atoms with van der Waals surface area (Å²) in [6, 6.07) is 0. The average molecular weight is 1090 g/mol. The zero-order valence-corrected chi connectivity index (χ0v) is 43.3. The van der Waals surface area contributed by atoms with Crippen LogP contribution in [0, 0.1) is 0 Å². The Morgan fingerprint density at radius 1 is 0.467 bits per heavy atom. The van der Waals surface area contributed by atoms with Crippen LogP contribution in [0.5, 0.6) is 0 Å². The van der Waals surface area contributed by atoms with Crippen molar-refractivity contribution in [3.8, 4) is 0 Å². The highest BCUT2D eigenvalue weighted by molar-refractivity contribution is 5.08. The van der Waals surface area contributed by atoms with Gasteiger partial charge in [0.15, 0.2) is 31.5 Å². The SMILES string of the molecule is C=CC(C)(CC/C=C(\C)CC/C=C(\C)CC/C=C(\C)CO[C@@H]1O[C@H](CO[C@@H]2O[C@@H](C)[C@H](O)[C@@H](O)[C@H]2O)[C@@H](O[C@@H]2O[C@@H](C)[C@H](O)[C@@H](O)[C@H]2O)[C@H](O)[C@H]1O)O[C@@H]1O[C@H](CO)[C@@H](O)[C@H](O)[C@H]1O[C@@H]1O[C@H](CO)[C@@H](O)[C@H](O)[C@H]1O. The monoisotopic (exact) mass is 1080 g/mol. The van der Waals surface area contributed by atoms with Gasteiger partial charge in [-0.25, -0.2) is 0 Å². The van der Waals surface area contributed by atoms with Gasteiger partial charge in [-0.05, 0) is 80.1 Å². The van der Waals surface area contributed by atoms with Gasteiger partial charge in [0, 0.05) is 0 Å². The van der Waals surface area contributed by atoms with Crippen molar-refractivity contribution in [2.75, 3.05) is 26.4 Å². The van der Waals surface area contributed by atoms with Gasteiger partial charge in [0.1, 0.15) is 110 Å². The van der Waals surface area contributed by atoms with Crippen molar-refractivity contribution in [3.63, 3.8) is 0 Å². The highest BCUT2D eigenvalue weighted by atomic mass is 16.8. The number of rotatable bonds is 24. The molecule has 25 nitrogen and oxygen atoms in total. The molecule has 0 bridgehead atoms. The third-order valence-corrected chi connectivity index (χ3v) is 14.4. The molecule has 0 saturated carbocycles. The molecular weight excluding hydrogens is 1000 g/mol. The number of allylic oxidation sites excluding steroid dienone is 5. The van der Waals surface area contributed by atoms with Crippen LogP contribution in [0.25, 0.3) is 0 Å². The van der Waals surface area contributed by atoms with E-state index in [4.69, 9.17) is 47.4 Å². The third kappa shape index (κ3) is 16.3. The molecule has 1 unspecified atom stereocenters. The Hall–Kier alpha value is -2.04.